The van der Waals surface area contributed by atoms with E-state index >= 15 is 0 Å². The van der Waals surface area contributed by atoms with E-state index in [1.165, 1.54) is 27.5 Å². The first-order valence-electron chi connectivity index (χ1n) is 19.0. The molecule has 56 heavy (non-hydrogen) atoms. The minimum absolute atomic E-state index is 0.220. The number of benzene rings is 8. The van der Waals surface area contributed by atoms with Crippen LogP contribution in [0.5, 0.6) is 11.5 Å². The summed E-state index contributed by atoms with van der Waals surface area (Å²) in [6.07, 6.45) is 0. The second-order valence-corrected chi connectivity index (χ2v) is 14.8. The van der Waals surface area contributed by atoms with E-state index in [-0.39, 0.29) is 5.41 Å². The molecule has 266 valence electrons. The van der Waals surface area contributed by atoms with Crippen molar-refractivity contribution in [2.45, 2.75) is 19.3 Å². The van der Waals surface area contributed by atoms with Gasteiger partial charge in [0.25, 0.3) is 0 Å². The molecule has 1 aromatic heterocycles. The van der Waals surface area contributed by atoms with Crippen molar-refractivity contribution < 1.29 is 4.74 Å². The Morgan fingerprint density at radius 1 is 0.357 bits per heavy atom. The summed E-state index contributed by atoms with van der Waals surface area (Å²) in [5, 5.41) is 2.42. The number of rotatable bonds is 6. The average molecular weight is 720 g/mol. The van der Waals surface area contributed by atoms with Crippen LogP contribution >= 0.6 is 0 Å². The summed E-state index contributed by atoms with van der Waals surface area (Å²) in [6.45, 7) is 4.57. The predicted octanol–water partition coefficient (Wildman–Crippen LogP) is 13.5. The molecule has 10 rings (SSSR count). The van der Waals surface area contributed by atoms with Gasteiger partial charge in [-0.3, -0.25) is 0 Å². The van der Waals surface area contributed by atoms with Crippen molar-refractivity contribution in [3.8, 4) is 79.0 Å². The van der Waals surface area contributed by atoms with Gasteiger partial charge in [-0.15, -0.1) is 0 Å². The van der Waals surface area contributed by atoms with Crippen LogP contribution in [0.4, 0.5) is 0 Å². The van der Waals surface area contributed by atoms with Crippen molar-refractivity contribution >= 4 is 10.8 Å². The van der Waals surface area contributed by atoms with Crippen LogP contribution < -0.4 is 4.74 Å². The van der Waals surface area contributed by atoms with Crippen molar-refractivity contribution in [1.82, 2.24) is 15.0 Å². The van der Waals surface area contributed by atoms with Gasteiger partial charge >= 0.3 is 0 Å². The molecule has 0 radical (unpaired) electrons. The Morgan fingerprint density at radius 2 is 0.911 bits per heavy atom. The Morgan fingerprint density at radius 3 is 1.68 bits per heavy atom. The van der Waals surface area contributed by atoms with Gasteiger partial charge in [0.1, 0.15) is 11.5 Å². The monoisotopic (exact) mass is 719 g/mol. The fourth-order valence-corrected chi connectivity index (χ4v) is 8.04. The third kappa shape index (κ3) is 5.93. The number of fused-ring (bicyclic) bond motifs is 3. The Labute approximate surface area is 326 Å². The van der Waals surface area contributed by atoms with Crippen LogP contribution in [0.2, 0.25) is 0 Å². The molecule has 4 nitrogen and oxygen atoms in total. The molecule has 4 heteroatoms. The average Bonchev–Trinajstić information content (AvgIpc) is 3.26. The van der Waals surface area contributed by atoms with Gasteiger partial charge in [-0.1, -0.05) is 172 Å². The van der Waals surface area contributed by atoms with Gasteiger partial charge in [0.15, 0.2) is 17.5 Å². The summed E-state index contributed by atoms with van der Waals surface area (Å²) in [6, 6.07) is 65.8. The van der Waals surface area contributed by atoms with Crippen molar-refractivity contribution in [2.24, 2.45) is 0 Å². The summed E-state index contributed by atoms with van der Waals surface area (Å²) in [7, 11) is 0. The summed E-state index contributed by atoms with van der Waals surface area (Å²) in [5.41, 5.74) is 11.8. The maximum absolute atomic E-state index is 6.43. The second-order valence-electron chi connectivity index (χ2n) is 14.8. The van der Waals surface area contributed by atoms with Gasteiger partial charge in [0.2, 0.25) is 0 Å². The normalized spacial score (nSPS) is 12.8. The molecule has 1 aliphatic heterocycles. The van der Waals surface area contributed by atoms with E-state index in [2.05, 4.69) is 135 Å². The summed E-state index contributed by atoms with van der Waals surface area (Å²) in [5.74, 6) is 3.73. The lowest BCUT2D eigenvalue weighted by atomic mass is 9.75. The summed E-state index contributed by atoms with van der Waals surface area (Å²) < 4.78 is 6.43. The highest BCUT2D eigenvalue weighted by Crippen LogP contribution is 2.49. The zero-order chi connectivity index (χ0) is 37.6. The van der Waals surface area contributed by atoms with Crippen molar-refractivity contribution in [2.75, 3.05) is 0 Å². The molecule has 9 aromatic rings. The van der Waals surface area contributed by atoms with E-state index < -0.39 is 0 Å². The van der Waals surface area contributed by atoms with Crippen LogP contribution in [0.3, 0.4) is 0 Å². The van der Waals surface area contributed by atoms with Crippen LogP contribution in [0, 0.1) is 0 Å². The smallest absolute Gasteiger partial charge is 0.164 e. The highest BCUT2D eigenvalue weighted by Gasteiger charge is 2.34. The third-order valence-corrected chi connectivity index (χ3v) is 11.0. The fraction of sp³-hybridized carbons (Fsp3) is 0.0577. The number of hydrogen-bond donors (Lipinski definition) is 0. The highest BCUT2D eigenvalue weighted by molar-refractivity contribution is 6.01. The second kappa shape index (κ2) is 13.6. The van der Waals surface area contributed by atoms with Crippen LogP contribution in [0.1, 0.15) is 25.0 Å². The van der Waals surface area contributed by atoms with E-state index in [1.54, 1.807) is 0 Å². The van der Waals surface area contributed by atoms with Crippen molar-refractivity contribution in [1.29, 1.82) is 0 Å². The first-order valence-corrected chi connectivity index (χ1v) is 19.0. The summed E-state index contributed by atoms with van der Waals surface area (Å²) in [4.78, 5) is 15.0. The molecule has 0 spiro atoms. The Bertz CT molecular complexity index is 2850. The molecule has 0 bridgehead atoms. The molecular weight excluding hydrogens is 683 g/mol. The molecule has 0 amide bonds. The maximum Gasteiger partial charge on any atom is 0.164 e. The van der Waals surface area contributed by atoms with E-state index in [0.29, 0.717) is 17.5 Å². The number of para-hydroxylation sites is 1. The molecule has 0 saturated carbocycles. The zero-order valence-corrected chi connectivity index (χ0v) is 31.1. The van der Waals surface area contributed by atoms with Gasteiger partial charge in [0.05, 0.1) is 0 Å². The minimum atomic E-state index is -0.220. The van der Waals surface area contributed by atoms with Gasteiger partial charge < -0.3 is 4.74 Å². The van der Waals surface area contributed by atoms with Crippen LogP contribution in [0.25, 0.3) is 78.3 Å². The molecule has 2 heterocycles. The predicted molar refractivity (Wildman–Crippen MR) is 229 cm³/mol. The topological polar surface area (TPSA) is 47.9 Å². The Hall–Kier alpha value is -7.17. The lowest BCUT2D eigenvalue weighted by Crippen LogP contribution is -2.24. The molecule has 0 saturated heterocycles. The molecule has 0 aliphatic carbocycles. The van der Waals surface area contributed by atoms with E-state index in [1.807, 2.05) is 66.7 Å². The molecule has 0 fully saturated rings. The standard InChI is InChI=1S/C52H37N3O/c1-52(2)45-25-11-12-26-47(45)56-48-30-28-38(33-46(48)52)37-27-29-43(42-24-14-20-34-15-9-10-23-41(34)42)44(32-37)39-21-13-22-40(31-39)51-54-49(35-16-5-3-6-17-35)53-50(55-51)36-18-7-4-8-19-36/h3-33H,1-2H3. The zero-order valence-electron chi connectivity index (χ0n) is 31.1. The number of hydrogen-bond acceptors (Lipinski definition) is 4. The molecule has 8 aromatic carbocycles. The van der Waals surface area contributed by atoms with Gasteiger partial charge in [-0.05, 0) is 74.5 Å². The molecule has 0 N–H and O–H groups in total. The third-order valence-electron chi connectivity index (χ3n) is 11.0. The van der Waals surface area contributed by atoms with Gasteiger partial charge in [0, 0.05) is 33.2 Å². The largest absolute Gasteiger partial charge is 0.457 e. The fourth-order valence-electron chi connectivity index (χ4n) is 8.04. The minimum Gasteiger partial charge on any atom is -0.457 e. The first-order chi connectivity index (χ1) is 27.5. The quantitative estimate of drug-likeness (QED) is 0.172. The molecule has 0 unspecified atom stereocenters. The molecule has 0 atom stereocenters. The molecular formula is C52H37N3O. The molecule has 1 aliphatic rings. The van der Waals surface area contributed by atoms with Crippen molar-refractivity contribution in [3.63, 3.8) is 0 Å². The summed E-state index contributed by atoms with van der Waals surface area (Å²) >= 11 is 0. The SMILES string of the molecule is CC1(C)c2ccccc2Oc2ccc(-c3ccc(-c4cccc5ccccc45)c(-c4cccc(-c5nc(-c6ccccc6)nc(-c6ccccc6)n5)c4)c3)cc21. The number of ether oxygens (including phenoxy) is 1. The van der Waals surface area contributed by atoms with Crippen molar-refractivity contribution in [3.05, 3.63) is 199 Å². The number of aromatic nitrogens is 3. The van der Waals surface area contributed by atoms with Crippen LogP contribution in [0.15, 0.2) is 188 Å². The highest BCUT2D eigenvalue weighted by atomic mass is 16.5. The van der Waals surface area contributed by atoms with E-state index in [4.69, 9.17) is 19.7 Å². The lowest BCUT2D eigenvalue weighted by Gasteiger charge is -2.34. The van der Waals surface area contributed by atoms with E-state index in [9.17, 15) is 0 Å². The van der Waals surface area contributed by atoms with E-state index in [0.717, 1.165) is 56.0 Å². The Kier molecular flexibility index (Phi) is 8.11. The van der Waals surface area contributed by atoms with Gasteiger partial charge in [-0.2, -0.15) is 0 Å². The van der Waals surface area contributed by atoms with Crippen LogP contribution in [-0.2, 0) is 5.41 Å². The lowest BCUT2D eigenvalue weighted by molar-refractivity contribution is 0.418. The maximum atomic E-state index is 6.43. The number of nitrogens with zero attached hydrogens (tertiary/aromatic N) is 3. The van der Waals surface area contributed by atoms with Gasteiger partial charge in [-0.25, -0.2) is 15.0 Å². The first kappa shape index (κ1) is 33.4. The van der Waals surface area contributed by atoms with Crippen LogP contribution in [-0.4, -0.2) is 15.0 Å². The Balaban J connectivity index is 1.14.